The lowest BCUT2D eigenvalue weighted by molar-refractivity contribution is 0.481. The molecule has 168 valence electrons. The van der Waals surface area contributed by atoms with Gasteiger partial charge in [0, 0.05) is 0 Å². The first-order valence-corrected chi connectivity index (χ1v) is 13.0. The maximum Gasteiger partial charge on any atom is 0.256 e. The molecular weight excluding hydrogens is 458 g/mol. The summed E-state index contributed by atoms with van der Waals surface area (Å²) in [5, 5.41) is 0. The lowest BCUT2D eigenvalue weighted by Crippen LogP contribution is -2.36. The average molecular weight is 480 g/mol. The van der Waals surface area contributed by atoms with Gasteiger partial charge in [0.25, 0.3) is 20.0 Å². The Bertz CT molecular complexity index is 1340. The Hall–Kier alpha value is -3.46. The van der Waals surface area contributed by atoms with Crippen LogP contribution in [0.25, 0.3) is 0 Å². The van der Waals surface area contributed by atoms with Gasteiger partial charge in [-0.2, -0.15) is 0 Å². The van der Waals surface area contributed by atoms with Gasteiger partial charge in [0.15, 0.2) is 0 Å². The van der Waals surface area contributed by atoms with Gasteiger partial charge >= 0.3 is 0 Å². The van der Waals surface area contributed by atoms with E-state index in [4.69, 9.17) is 4.74 Å². The first kappa shape index (κ1) is 22.7. The molecule has 33 heavy (non-hydrogen) atoms. The van der Waals surface area contributed by atoms with Crippen molar-refractivity contribution in [3.8, 4) is 11.5 Å². The van der Waals surface area contributed by atoms with E-state index in [1.54, 1.807) is 60.7 Å². The van der Waals surface area contributed by atoms with Gasteiger partial charge in [-0.25, -0.2) is 16.8 Å². The topological polar surface area (TPSA) is 80.8 Å². The molecule has 0 aliphatic heterocycles. The van der Waals surface area contributed by atoms with Crippen LogP contribution in [-0.4, -0.2) is 20.5 Å². The minimum atomic E-state index is -4.35. The Morgan fingerprint density at radius 3 is 1.36 bits per heavy atom. The zero-order chi connectivity index (χ0) is 23.3. The highest BCUT2D eigenvalue weighted by Gasteiger charge is 2.36. The molecule has 0 fully saturated rings. The van der Waals surface area contributed by atoms with E-state index in [2.05, 4.69) is 0 Å². The summed E-state index contributed by atoms with van der Waals surface area (Å²) in [6.07, 6.45) is 0. The maximum absolute atomic E-state index is 13.4. The molecular formula is C25H21NO5S2. The number of ether oxygens (including phenoxy) is 1. The summed E-state index contributed by atoms with van der Waals surface area (Å²) in [4.78, 5) is -0.206. The van der Waals surface area contributed by atoms with Crippen molar-refractivity contribution in [2.75, 3.05) is 0 Å². The van der Waals surface area contributed by atoms with E-state index in [9.17, 15) is 16.8 Å². The molecule has 0 heterocycles. The summed E-state index contributed by atoms with van der Waals surface area (Å²) in [5.74, 6) is 1.21. The molecule has 0 radical (unpaired) electrons. The highest BCUT2D eigenvalue weighted by Crippen LogP contribution is 2.28. The predicted molar refractivity (Wildman–Crippen MR) is 126 cm³/mol. The number of hydrogen-bond donors (Lipinski definition) is 0. The number of hydrogen-bond acceptors (Lipinski definition) is 5. The molecule has 0 aromatic heterocycles. The average Bonchev–Trinajstić information content (AvgIpc) is 2.85. The van der Waals surface area contributed by atoms with E-state index >= 15 is 0 Å². The Morgan fingerprint density at radius 1 is 0.515 bits per heavy atom. The quantitative estimate of drug-likeness (QED) is 0.353. The lowest BCUT2D eigenvalue weighted by Gasteiger charge is -2.22. The normalized spacial score (nSPS) is 11.9. The Labute approximate surface area is 193 Å². The summed E-state index contributed by atoms with van der Waals surface area (Å²) in [6, 6.07) is 30.9. The minimum Gasteiger partial charge on any atom is -0.457 e. The van der Waals surface area contributed by atoms with Gasteiger partial charge in [-0.3, -0.25) is 0 Å². The van der Waals surface area contributed by atoms with Crippen LogP contribution < -0.4 is 4.74 Å². The van der Waals surface area contributed by atoms with Crippen LogP contribution in [0.2, 0.25) is 0 Å². The predicted octanol–water partition coefficient (Wildman–Crippen LogP) is 5.06. The smallest absolute Gasteiger partial charge is 0.256 e. The fourth-order valence-electron chi connectivity index (χ4n) is 3.16. The van der Waals surface area contributed by atoms with Gasteiger partial charge in [0.2, 0.25) is 0 Å². The van der Waals surface area contributed by atoms with E-state index in [1.165, 1.54) is 24.3 Å². The third-order valence-corrected chi connectivity index (χ3v) is 9.08. The molecule has 4 aromatic rings. The molecule has 0 unspecified atom stereocenters. The van der Waals surface area contributed by atoms with E-state index in [1.807, 2.05) is 30.3 Å². The van der Waals surface area contributed by atoms with Crippen LogP contribution in [0.3, 0.4) is 0 Å². The van der Waals surface area contributed by atoms with Gasteiger partial charge in [0.05, 0.1) is 16.3 Å². The van der Waals surface area contributed by atoms with Crippen LogP contribution in [0.1, 0.15) is 5.56 Å². The fourth-order valence-corrected chi connectivity index (χ4v) is 6.82. The summed E-state index contributed by atoms with van der Waals surface area (Å²) in [5.41, 5.74) is 0.495. The molecule has 0 bridgehead atoms. The number of benzene rings is 4. The molecule has 0 N–H and O–H groups in total. The van der Waals surface area contributed by atoms with Crippen molar-refractivity contribution in [1.82, 2.24) is 3.71 Å². The van der Waals surface area contributed by atoms with Crippen LogP contribution in [0.15, 0.2) is 125 Å². The van der Waals surface area contributed by atoms with E-state index in [0.717, 1.165) is 0 Å². The lowest BCUT2D eigenvalue weighted by atomic mass is 10.2. The molecule has 4 rings (SSSR count). The van der Waals surface area contributed by atoms with Crippen molar-refractivity contribution in [3.63, 3.8) is 0 Å². The molecule has 8 heteroatoms. The zero-order valence-electron chi connectivity index (χ0n) is 17.5. The largest absolute Gasteiger partial charge is 0.457 e. The highest BCUT2D eigenvalue weighted by atomic mass is 32.3. The summed E-state index contributed by atoms with van der Waals surface area (Å²) >= 11 is 0. The maximum atomic E-state index is 13.4. The van der Waals surface area contributed by atoms with Crippen LogP contribution in [0.5, 0.6) is 11.5 Å². The summed E-state index contributed by atoms with van der Waals surface area (Å²) in [7, 11) is -8.70. The van der Waals surface area contributed by atoms with Gasteiger partial charge < -0.3 is 4.74 Å². The van der Waals surface area contributed by atoms with Crippen LogP contribution >= 0.6 is 0 Å². The number of nitrogens with zero attached hydrogens (tertiary/aromatic N) is 1. The Kier molecular flexibility index (Phi) is 6.60. The highest BCUT2D eigenvalue weighted by molar-refractivity contribution is 8.04. The first-order chi connectivity index (χ1) is 15.9. The molecule has 0 aliphatic rings. The Morgan fingerprint density at radius 2 is 0.909 bits per heavy atom. The van der Waals surface area contributed by atoms with E-state index in [-0.39, 0.29) is 16.3 Å². The van der Waals surface area contributed by atoms with Crippen molar-refractivity contribution in [1.29, 1.82) is 0 Å². The minimum absolute atomic E-state index is 0.103. The first-order valence-electron chi connectivity index (χ1n) is 10.1. The van der Waals surface area contributed by atoms with Crippen LogP contribution in [0.4, 0.5) is 0 Å². The van der Waals surface area contributed by atoms with Crippen LogP contribution in [0, 0.1) is 0 Å². The third kappa shape index (κ3) is 5.14. The number of rotatable bonds is 8. The zero-order valence-corrected chi connectivity index (χ0v) is 19.1. The second kappa shape index (κ2) is 9.58. The summed E-state index contributed by atoms with van der Waals surface area (Å²) in [6.45, 7) is -0.361. The number of sulfonamides is 2. The van der Waals surface area contributed by atoms with Gasteiger partial charge in [-0.15, -0.1) is 0 Å². The Balaban J connectivity index is 1.68. The van der Waals surface area contributed by atoms with Crippen molar-refractivity contribution < 1.29 is 21.6 Å². The molecule has 0 saturated heterocycles. The third-order valence-electron chi connectivity index (χ3n) is 4.83. The van der Waals surface area contributed by atoms with E-state index < -0.39 is 20.0 Å². The van der Waals surface area contributed by atoms with E-state index in [0.29, 0.717) is 20.8 Å². The molecule has 0 saturated carbocycles. The number of para-hydroxylation sites is 1. The molecule has 0 aliphatic carbocycles. The second-order valence-corrected chi connectivity index (χ2v) is 11.1. The molecule has 6 nitrogen and oxygen atoms in total. The molecule has 0 atom stereocenters. The van der Waals surface area contributed by atoms with Crippen molar-refractivity contribution in [2.24, 2.45) is 0 Å². The van der Waals surface area contributed by atoms with Gasteiger partial charge in [-0.05, 0) is 54.1 Å². The fraction of sp³-hybridized carbons (Fsp3) is 0.0400. The monoisotopic (exact) mass is 479 g/mol. The standard InChI is InChI=1S/C25H21NO5S2/c27-32(28,24-12-6-2-7-13-24)26(33(29,30)25-14-8-3-9-15-25)20-21-16-18-23(19-17-21)31-22-10-4-1-5-11-22/h1-19H,20H2. The summed E-state index contributed by atoms with van der Waals surface area (Å²) < 4.78 is 59.8. The molecule has 4 aromatic carbocycles. The SMILES string of the molecule is O=S(=O)(c1ccccc1)N(Cc1ccc(Oc2ccccc2)cc1)S(=O)(=O)c1ccccc1. The second-order valence-electron chi connectivity index (χ2n) is 7.13. The van der Waals surface area contributed by atoms with Crippen molar-refractivity contribution in [2.45, 2.75) is 16.3 Å². The van der Waals surface area contributed by atoms with Gasteiger partial charge in [0.1, 0.15) is 11.5 Å². The van der Waals surface area contributed by atoms with Crippen molar-refractivity contribution >= 4 is 20.0 Å². The molecule has 0 amide bonds. The van der Waals surface area contributed by atoms with Gasteiger partial charge in [-0.1, -0.05) is 70.4 Å². The molecule has 0 spiro atoms. The van der Waals surface area contributed by atoms with Crippen LogP contribution in [-0.2, 0) is 26.6 Å². The van der Waals surface area contributed by atoms with Crippen molar-refractivity contribution in [3.05, 3.63) is 121 Å².